The molecule has 0 aliphatic heterocycles. The van der Waals surface area contributed by atoms with Crippen molar-refractivity contribution in [3.8, 4) is 11.1 Å². The van der Waals surface area contributed by atoms with Crippen LogP contribution >= 0.6 is 0 Å². The SMILES string of the molecule is Nc1nccc(-c2ccc3[nH]ncc3c2)c1N. The van der Waals surface area contributed by atoms with Crippen LogP contribution in [0.2, 0.25) is 0 Å². The Kier molecular flexibility index (Phi) is 1.98. The minimum Gasteiger partial charge on any atom is -0.395 e. The largest absolute Gasteiger partial charge is 0.395 e. The van der Waals surface area contributed by atoms with Gasteiger partial charge in [0.1, 0.15) is 5.82 Å². The van der Waals surface area contributed by atoms with Crippen molar-refractivity contribution in [3.05, 3.63) is 36.7 Å². The van der Waals surface area contributed by atoms with Gasteiger partial charge in [-0.2, -0.15) is 5.10 Å². The molecule has 0 saturated carbocycles. The minimum atomic E-state index is 0.356. The number of nitrogens with two attached hydrogens (primary N) is 2. The third-order valence-corrected chi connectivity index (χ3v) is 2.77. The molecule has 0 aliphatic rings. The molecule has 5 nitrogen and oxygen atoms in total. The number of rotatable bonds is 1. The third kappa shape index (κ3) is 1.48. The van der Waals surface area contributed by atoms with Gasteiger partial charge in [-0.15, -0.1) is 0 Å². The number of nitrogens with zero attached hydrogens (tertiary/aromatic N) is 2. The van der Waals surface area contributed by atoms with Crippen LogP contribution in [0.4, 0.5) is 11.5 Å². The van der Waals surface area contributed by atoms with E-state index in [0.717, 1.165) is 22.0 Å². The zero-order chi connectivity index (χ0) is 11.8. The first-order chi connectivity index (χ1) is 8.25. The normalized spacial score (nSPS) is 10.8. The average molecular weight is 225 g/mol. The highest BCUT2D eigenvalue weighted by Gasteiger charge is 2.07. The summed E-state index contributed by atoms with van der Waals surface area (Å²) in [5.74, 6) is 0.356. The van der Waals surface area contributed by atoms with Gasteiger partial charge in [-0.25, -0.2) is 4.98 Å². The Morgan fingerprint density at radius 1 is 1.12 bits per heavy atom. The van der Waals surface area contributed by atoms with E-state index in [1.165, 1.54) is 0 Å². The monoisotopic (exact) mass is 225 g/mol. The van der Waals surface area contributed by atoms with Crippen molar-refractivity contribution in [1.29, 1.82) is 0 Å². The summed E-state index contributed by atoms with van der Waals surface area (Å²) in [7, 11) is 0. The molecule has 5 heteroatoms. The van der Waals surface area contributed by atoms with Gasteiger partial charge in [0, 0.05) is 17.1 Å². The van der Waals surface area contributed by atoms with Crippen LogP contribution < -0.4 is 11.5 Å². The van der Waals surface area contributed by atoms with Gasteiger partial charge in [-0.05, 0) is 23.8 Å². The fraction of sp³-hybridized carbons (Fsp3) is 0. The van der Waals surface area contributed by atoms with Gasteiger partial charge in [0.2, 0.25) is 0 Å². The maximum atomic E-state index is 5.92. The third-order valence-electron chi connectivity index (χ3n) is 2.77. The lowest BCUT2D eigenvalue weighted by Gasteiger charge is -2.07. The first kappa shape index (κ1) is 9.65. The lowest BCUT2D eigenvalue weighted by Crippen LogP contribution is -1.99. The van der Waals surface area contributed by atoms with Gasteiger partial charge in [-0.3, -0.25) is 5.10 Å². The summed E-state index contributed by atoms with van der Waals surface area (Å²) in [6.45, 7) is 0. The molecule has 0 amide bonds. The molecule has 2 aromatic heterocycles. The van der Waals surface area contributed by atoms with Crippen LogP contribution in [-0.4, -0.2) is 15.2 Å². The van der Waals surface area contributed by atoms with Crippen molar-refractivity contribution in [2.75, 3.05) is 11.5 Å². The first-order valence-electron chi connectivity index (χ1n) is 5.19. The summed E-state index contributed by atoms with van der Waals surface area (Å²) in [5.41, 5.74) is 15.0. The number of hydrogen-bond donors (Lipinski definition) is 3. The van der Waals surface area contributed by atoms with Crippen molar-refractivity contribution in [2.24, 2.45) is 0 Å². The second-order valence-electron chi connectivity index (χ2n) is 3.83. The highest BCUT2D eigenvalue weighted by Crippen LogP contribution is 2.30. The molecule has 3 rings (SSSR count). The van der Waals surface area contributed by atoms with Gasteiger partial charge in [-0.1, -0.05) is 6.07 Å². The summed E-state index contributed by atoms with van der Waals surface area (Å²) < 4.78 is 0. The second-order valence-corrected chi connectivity index (χ2v) is 3.83. The van der Waals surface area contributed by atoms with E-state index in [2.05, 4.69) is 15.2 Å². The van der Waals surface area contributed by atoms with Crippen LogP contribution in [0.1, 0.15) is 0 Å². The van der Waals surface area contributed by atoms with E-state index in [4.69, 9.17) is 11.5 Å². The molecule has 3 aromatic rings. The number of aromatic nitrogens is 3. The summed E-state index contributed by atoms with van der Waals surface area (Å²) >= 11 is 0. The maximum Gasteiger partial charge on any atom is 0.147 e. The van der Waals surface area contributed by atoms with E-state index in [1.807, 2.05) is 24.3 Å². The van der Waals surface area contributed by atoms with Crippen LogP contribution in [0, 0.1) is 0 Å². The zero-order valence-electron chi connectivity index (χ0n) is 9.01. The highest BCUT2D eigenvalue weighted by atomic mass is 15.1. The van der Waals surface area contributed by atoms with Crippen molar-refractivity contribution in [3.63, 3.8) is 0 Å². The summed E-state index contributed by atoms with van der Waals surface area (Å²) in [6, 6.07) is 7.82. The molecule has 2 heterocycles. The quantitative estimate of drug-likeness (QED) is 0.588. The number of hydrogen-bond acceptors (Lipinski definition) is 4. The molecule has 0 atom stereocenters. The number of benzene rings is 1. The summed E-state index contributed by atoms with van der Waals surface area (Å²) in [5, 5.41) is 7.93. The first-order valence-corrected chi connectivity index (χ1v) is 5.19. The minimum absolute atomic E-state index is 0.356. The molecule has 0 unspecified atom stereocenters. The number of aromatic amines is 1. The highest BCUT2D eigenvalue weighted by molar-refractivity contribution is 5.89. The molecular formula is C12H11N5. The topological polar surface area (TPSA) is 93.6 Å². The van der Waals surface area contributed by atoms with E-state index >= 15 is 0 Å². The van der Waals surface area contributed by atoms with Crippen LogP contribution in [0.3, 0.4) is 0 Å². The van der Waals surface area contributed by atoms with Gasteiger partial charge in [0.05, 0.1) is 17.4 Å². The van der Waals surface area contributed by atoms with Gasteiger partial charge < -0.3 is 11.5 Å². The molecule has 0 fully saturated rings. The number of pyridine rings is 1. The van der Waals surface area contributed by atoms with Crippen LogP contribution in [0.5, 0.6) is 0 Å². The molecule has 0 aliphatic carbocycles. The van der Waals surface area contributed by atoms with E-state index in [-0.39, 0.29) is 0 Å². The summed E-state index contributed by atoms with van der Waals surface area (Å²) in [6.07, 6.45) is 3.43. The number of H-pyrrole nitrogens is 1. The van der Waals surface area contributed by atoms with Crippen LogP contribution in [-0.2, 0) is 0 Å². The van der Waals surface area contributed by atoms with Crippen molar-refractivity contribution in [1.82, 2.24) is 15.2 Å². The molecular weight excluding hydrogens is 214 g/mol. The van der Waals surface area contributed by atoms with Crippen molar-refractivity contribution in [2.45, 2.75) is 0 Å². The predicted octanol–water partition coefficient (Wildman–Crippen LogP) is 1.79. The van der Waals surface area contributed by atoms with Gasteiger partial charge >= 0.3 is 0 Å². The molecule has 0 bridgehead atoms. The molecule has 1 aromatic carbocycles. The van der Waals surface area contributed by atoms with Gasteiger partial charge in [0.25, 0.3) is 0 Å². The van der Waals surface area contributed by atoms with Crippen LogP contribution in [0.15, 0.2) is 36.7 Å². The van der Waals surface area contributed by atoms with Crippen LogP contribution in [0.25, 0.3) is 22.0 Å². The molecule has 0 spiro atoms. The molecule has 17 heavy (non-hydrogen) atoms. The standard InChI is InChI=1S/C12H11N5/c13-11-9(3-4-15-12(11)14)7-1-2-10-8(5-7)6-16-17-10/h1-6H,13H2,(H2,14,15)(H,16,17). The molecule has 5 N–H and O–H groups in total. The average Bonchev–Trinajstić information content (AvgIpc) is 2.79. The fourth-order valence-electron chi connectivity index (χ4n) is 1.85. The Balaban J connectivity index is 2.23. The molecule has 0 saturated heterocycles. The number of fused-ring (bicyclic) bond motifs is 1. The Labute approximate surface area is 97.5 Å². The number of anilines is 2. The predicted molar refractivity (Wildman–Crippen MR) is 68.1 cm³/mol. The second kappa shape index (κ2) is 3.48. The zero-order valence-corrected chi connectivity index (χ0v) is 9.01. The number of nitrogen functional groups attached to an aromatic ring is 2. The van der Waals surface area contributed by atoms with Crippen molar-refractivity contribution >= 4 is 22.4 Å². The summed E-state index contributed by atoms with van der Waals surface area (Å²) in [4.78, 5) is 3.95. The Morgan fingerprint density at radius 2 is 2.00 bits per heavy atom. The lowest BCUT2D eigenvalue weighted by molar-refractivity contribution is 1.12. The number of nitrogens with one attached hydrogen (secondary N) is 1. The maximum absolute atomic E-state index is 5.92. The van der Waals surface area contributed by atoms with E-state index in [0.29, 0.717) is 11.5 Å². The molecule has 84 valence electrons. The van der Waals surface area contributed by atoms with E-state index in [1.54, 1.807) is 12.4 Å². The van der Waals surface area contributed by atoms with E-state index in [9.17, 15) is 0 Å². The van der Waals surface area contributed by atoms with Gasteiger partial charge in [0.15, 0.2) is 0 Å². The Morgan fingerprint density at radius 3 is 2.88 bits per heavy atom. The fourth-order valence-corrected chi connectivity index (χ4v) is 1.85. The lowest BCUT2D eigenvalue weighted by atomic mass is 10.0. The Bertz CT molecular complexity index is 686. The molecule has 0 radical (unpaired) electrons. The Hall–Kier alpha value is -2.56. The smallest absolute Gasteiger partial charge is 0.147 e. The van der Waals surface area contributed by atoms with E-state index < -0.39 is 0 Å². The van der Waals surface area contributed by atoms with Crippen molar-refractivity contribution < 1.29 is 0 Å².